The minimum Gasteiger partial charge on any atom is -0.342 e. The van der Waals surface area contributed by atoms with Crippen LogP contribution >= 0.6 is 0 Å². The molecule has 0 bridgehead atoms. The lowest BCUT2D eigenvalue weighted by molar-refractivity contribution is -0.132. The SMILES string of the molecule is CCN(CC)C(=O)C(C)NCC(C)C. The standard InChI is InChI=1S/C11H24N2O/c1-6-13(7-2)11(14)10(5)12-8-9(3)4/h9-10,12H,6-8H2,1-5H3. The number of carbonyl (C=O) groups excluding carboxylic acids is 1. The highest BCUT2D eigenvalue weighted by molar-refractivity contribution is 5.81. The summed E-state index contributed by atoms with van der Waals surface area (Å²) in [6, 6.07) is -0.0581. The van der Waals surface area contributed by atoms with E-state index in [1.54, 1.807) is 0 Å². The molecule has 0 fully saturated rings. The van der Waals surface area contributed by atoms with Crippen LogP contribution < -0.4 is 5.32 Å². The number of nitrogens with zero attached hydrogens (tertiary/aromatic N) is 1. The zero-order valence-corrected chi connectivity index (χ0v) is 10.1. The molecule has 3 nitrogen and oxygen atoms in total. The molecule has 0 saturated heterocycles. The van der Waals surface area contributed by atoms with E-state index >= 15 is 0 Å². The fourth-order valence-electron chi connectivity index (χ4n) is 1.31. The van der Waals surface area contributed by atoms with E-state index in [9.17, 15) is 4.79 Å². The highest BCUT2D eigenvalue weighted by Crippen LogP contribution is 1.96. The predicted octanol–water partition coefficient (Wildman–Crippen LogP) is 1.49. The molecule has 0 rings (SSSR count). The van der Waals surface area contributed by atoms with E-state index in [1.807, 2.05) is 25.7 Å². The van der Waals surface area contributed by atoms with Gasteiger partial charge in [0.05, 0.1) is 6.04 Å². The minimum atomic E-state index is -0.0581. The quantitative estimate of drug-likeness (QED) is 0.704. The maximum absolute atomic E-state index is 11.8. The van der Waals surface area contributed by atoms with Gasteiger partial charge in [-0.05, 0) is 33.2 Å². The molecule has 0 aromatic carbocycles. The average molecular weight is 200 g/mol. The van der Waals surface area contributed by atoms with E-state index < -0.39 is 0 Å². The Morgan fingerprint density at radius 2 is 1.71 bits per heavy atom. The molecule has 0 saturated carbocycles. The van der Waals surface area contributed by atoms with Crippen molar-refractivity contribution in [2.24, 2.45) is 5.92 Å². The average Bonchev–Trinajstić information content (AvgIpc) is 2.15. The van der Waals surface area contributed by atoms with E-state index in [1.165, 1.54) is 0 Å². The van der Waals surface area contributed by atoms with Crippen molar-refractivity contribution in [1.29, 1.82) is 0 Å². The first-order valence-corrected chi connectivity index (χ1v) is 5.55. The summed E-state index contributed by atoms with van der Waals surface area (Å²) in [6.07, 6.45) is 0. The Morgan fingerprint density at radius 1 is 1.21 bits per heavy atom. The number of carbonyl (C=O) groups is 1. The molecule has 0 radical (unpaired) electrons. The Kier molecular flexibility index (Phi) is 6.54. The van der Waals surface area contributed by atoms with Crippen LogP contribution in [-0.2, 0) is 4.79 Å². The van der Waals surface area contributed by atoms with Crippen LogP contribution in [0.15, 0.2) is 0 Å². The number of amides is 1. The summed E-state index contributed by atoms with van der Waals surface area (Å²) in [6.45, 7) is 12.7. The zero-order valence-electron chi connectivity index (χ0n) is 10.1. The van der Waals surface area contributed by atoms with Crippen LogP contribution in [0.3, 0.4) is 0 Å². The fourth-order valence-corrected chi connectivity index (χ4v) is 1.31. The van der Waals surface area contributed by atoms with Crippen LogP contribution in [0.1, 0.15) is 34.6 Å². The molecule has 3 heteroatoms. The van der Waals surface area contributed by atoms with Crippen LogP contribution in [0, 0.1) is 5.92 Å². The van der Waals surface area contributed by atoms with Gasteiger partial charge in [-0.2, -0.15) is 0 Å². The number of hydrogen-bond acceptors (Lipinski definition) is 2. The minimum absolute atomic E-state index is 0.0581. The van der Waals surface area contributed by atoms with Crippen LogP contribution in [0.2, 0.25) is 0 Å². The second kappa shape index (κ2) is 6.82. The predicted molar refractivity (Wildman–Crippen MR) is 60.2 cm³/mol. The van der Waals surface area contributed by atoms with Gasteiger partial charge in [0.15, 0.2) is 0 Å². The molecular weight excluding hydrogens is 176 g/mol. The van der Waals surface area contributed by atoms with Crippen molar-refractivity contribution in [2.45, 2.75) is 40.7 Å². The number of rotatable bonds is 6. The normalized spacial score (nSPS) is 13.0. The van der Waals surface area contributed by atoms with Crippen molar-refractivity contribution in [3.63, 3.8) is 0 Å². The molecule has 0 heterocycles. The maximum Gasteiger partial charge on any atom is 0.239 e. The molecule has 1 N–H and O–H groups in total. The van der Waals surface area contributed by atoms with Gasteiger partial charge in [-0.15, -0.1) is 0 Å². The summed E-state index contributed by atoms with van der Waals surface area (Å²) in [7, 11) is 0. The van der Waals surface area contributed by atoms with Gasteiger partial charge in [0.2, 0.25) is 5.91 Å². The van der Waals surface area contributed by atoms with E-state index in [0.717, 1.165) is 19.6 Å². The molecule has 0 spiro atoms. The number of likely N-dealkylation sites (N-methyl/N-ethyl adjacent to an activating group) is 1. The molecule has 0 aromatic heterocycles. The first-order chi connectivity index (χ1) is 6.52. The van der Waals surface area contributed by atoms with Gasteiger partial charge in [-0.25, -0.2) is 0 Å². The highest BCUT2D eigenvalue weighted by atomic mass is 16.2. The molecule has 1 amide bonds. The summed E-state index contributed by atoms with van der Waals surface area (Å²) in [5.41, 5.74) is 0. The Bertz CT molecular complexity index is 165. The van der Waals surface area contributed by atoms with Gasteiger partial charge in [-0.1, -0.05) is 13.8 Å². The molecule has 0 aromatic rings. The van der Waals surface area contributed by atoms with E-state index in [2.05, 4.69) is 19.2 Å². The summed E-state index contributed by atoms with van der Waals surface area (Å²) >= 11 is 0. The lowest BCUT2D eigenvalue weighted by Gasteiger charge is -2.24. The van der Waals surface area contributed by atoms with Gasteiger partial charge < -0.3 is 10.2 Å². The molecule has 1 atom stereocenters. The van der Waals surface area contributed by atoms with Crippen molar-refractivity contribution < 1.29 is 4.79 Å². The highest BCUT2D eigenvalue weighted by Gasteiger charge is 2.17. The molecule has 1 unspecified atom stereocenters. The van der Waals surface area contributed by atoms with Crippen molar-refractivity contribution >= 4 is 5.91 Å². The van der Waals surface area contributed by atoms with Gasteiger partial charge >= 0.3 is 0 Å². The number of hydrogen-bond donors (Lipinski definition) is 1. The van der Waals surface area contributed by atoms with Crippen LogP contribution in [0.5, 0.6) is 0 Å². The Morgan fingerprint density at radius 3 is 2.07 bits per heavy atom. The third-order valence-corrected chi connectivity index (χ3v) is 2.28. The molecule has 0 aliphatic rings. The van der Waals surface area contributed by atoms with Crippen LogP contribution in [-0.4, -0.2) is 36.5 Å². The van der Waals surface area contributed by atoms with Gasteiger partial charge in [0.25, 0.3) is 0 Å². The Balaban J connectivity index is 3.97. The monoisotopic (exact) mass is 200 g/mol. The molecule has 14 heavy (non-hydrogen) atoms. The second-order valence-electron chi connectivity index (χ2n) is 4.03. The van der Waals surface area contributed by atoms with Crippen LogP contribution in [0.25, 0.3) is 0 Å². The topological polar surface area (TPSA) is 32.3 Å². The third kappa shape index (κ3) is 4.61. The first kappa shape index (κ1) is 13.4. The lowest BCUT2D eigenvalue weighted by atomic mass is 10.2. The smallest absolute Gasteiger partial charge is 0.239 e. The van der Waals surface area contributed by atoms with E-state index in [-0.39, 0.29) is 11.9 Å². The summed E-state index contributed by atoms with van der Waals surface area (Å²) in [4.78, 5) is 13.6. The van der Waals surface area contributed by atoms with Crippen LogP contribution in [0.4, 0.5) is 0 Å². The summed E-state index contributed by atoms with van der Waals surface area (Å²) in [5.74, 6) is 0.789. The molecule has 0 aliphatic heterocycles. The van der Waals surface area contributed by atoms with Gasteiger partial charge in [0, 0.05) is 13.1 Å². The molecule has 0 aliphatic carbocycles. The van der Waals surface area contributed by atoms with Crippen molar-refractivity contribution in [2.75, 3.05) is 19.6 Å². The van der Waals surface area contributed by atoms with Gasteiger partial charge in [-0.3, -0.25) is 4.79 Å². The third-order valence-electron chi connectivity index (χ3n) is 2.28. The summed E-state index contributed by atoms with van der Waals surface area (Å²) in [5, 5.41) is 3.24. The Hall–Kier alpha value is -0.570. The van der Waals surface area contributed by atoms with Crippen molar-refractivity contribution in [3.8, 4) is 0 Å². The number of nitrogens with one attached hydrogen (secondary N) is 1. The zero-order chi connectivity index (χ0) is 11.1. The van der Waals surface area contributed by atoms with E-state index in [4.69, 9.17) is 0 Å². The van der Waals surface area contributed by atoms with E-state index in [0.29, 0.717) is 5.92 Å². The fraction of sp³-hybridized carbons (Fsp3) is 0.909. The lowest BCUT2D eigenvalue weighted by Crippen LogP contribution is -2.45. The van der Waals surface area contributed by atoms with Crippen molar-refractivity contribution in [1.82, 2.24) is 10.2 Å². The summed E-state index contributed by atoms with van der Waals surface area (Å²) < 4.78 is 0. The Labute approximate surface area is 87.9 Å². The first-order valence-electron chi connectivity index (χ1n) is 5.55. The van der Waals surface area contributed by atoms with Crippen molar-refractivity contribution in [3.05, 3.63) is 0 Å². The maximum atomic E-state index is 11.8. The molecular formula is C11H24N2O. The molecule has 84 valence electrons. The second-order valence-corrected chi connectivity index (χ2v) is 4.03. The van der Waals surface area contributed by atoms with Gasteiger partial charge in [0.1, 0.15) is 0 Å². The largest absolute Gasteiger partial charge is 0.342 e.